The Bertz CT molecular complexity index is 1160. The van der Waals surface area contributed by atoms with Crippen LogP contribution >= 0.6 is 0 Å². The molecule has 0 bridgehead atoms. The zero-order valence-electron chi connectivity index (χ0n) is 18.9. The predicted molar refractivity (Wildman–Crippen MR) is 118 cm³/mol. The molecular formula is C20H27N5O7S. The molecule has 0 unspecified atom stereocenters. The number of carbonyl (C=O) groups is 1. The summed E-state index contributed by atoms with van der Waals surface area (Å²) >= 11 is 0. The normalized spacial score (nSPS) is 15.3. The minimum atomic E-state index is -4.13. The van der Waals surface area contributed by atoms with Gasteiger partial charge in [-0.15, -0.1) is 0 Å². The van der Waals surface area contributed by atoms with E-state index < -0.39 is 26.7 Å². The van der Waals surface area contributed by atoms with Crippen molar-refractivity contribution in [2.75, 3.05) is 26.3 Å². The second-order valence-electron chi connectivity index (χ2n) is 7.73. The van der Waals surface area contributed by atoms with Crippen molar-refractivity contribution in [1.82, 2.24) is 19.4 Å². The second kappa shape index (κ2) is 9.85. The van der Waals surface area contributed by atoms with Crippen LogP contribution < -0.4 is 9.46 Å². The first-order valence-corrected chi connectivity index (χ1v) is 11.9. The maximum absolute atomic E-state index is 13.0. The number of nitrogens with one attached hydrogen (secondary N) is 1. The number of hydrogen-bond acceptors (Lipinski definition) is 8. The number of non-ortho nitro benzene ring substituents is 1. The van der Waals surface area contributed by atoms with Gasteiger partial charge < -0.3 is 14.4 Å². The van der Waals surface area contributed by atoms with Crippen molar-refractivity contribution in [1.29, 1.82) is 0 Å². The summed E-state index contributed by atoms with van der Waals surface area (Å²) in [4.78, 5) is 24.7. The molecule has 1 fully saturated rings. The molecule has 0 saturated carbocycles. The number of morpholine rings is 1. The molecule has 1 atom stereocenters. The van der Waals surface area contributed by atoms with Gasteiger partial charge in [0.1, 0.15) is 10.6 Å². The fourth-order valence-corrected chi connectivity index (χ4v) is 4.77. The van der Waals surface area contributed by atoms with Gasteiger partial charge in [0.25, 0.3) is 11.6 Å². The summed E-state index contributed by atoms with van der Waals surface area (Å²) in [7, 11) is -2.56. The SMILES string of the molecule is CC[C@@H](C)NS(=O)(=O)c1cc([N+](=O)[O-])ccc1Oc1c(C)c(C(=O)N2CCOCC2)nn1C. The van der Waals surface area contributed by atoms with E-state index in [0.717, 1.165) is 12.1 Å². The molecule has 1 aliphatic heterocycles. The van der Waals surface area contributed by atoms with Gasteiger partial charge in [-0.05, 0) is 26.3 Å². The van der Waals surface area contributed by atoms with Crippen molar-refractivity contribution in [3.63, 3.8) is 0 Å². The number of rotatable bonds is 8. The Morgan fingerprint density at radius 1 is 1.36 bits per heavy atom. The number of ether oxygens (including phenoxy) is 2. The quantitative estimate of drug-likeness (QED) is 0.445. The third-order valence-corrected chi connectivity index (χ3v) is 6.93. The first kappa shape index (κ1) is 24.6. The lowest BCUT2D eigenvalue weighted by Crippen LogP contribution is -2.41. The first-order chi connectivity index (χ1) is 15.5. The average molecular weight is 482 g/mol. The summed E-state index contributed by atoms with van der Waals surface area (Å²) in [6, 6.07) is 2.94. The standard InChI is InChI=1S/C20H27N5O7S/c1-5-13(2)22-33(29,30)17-12-15(25(27)28)6-7-16(17)32-20-14(3)18(21-23(20)4)19(26)24-8-10-31-11-9-24/h6-7,12-13,22H,5,8-11H2,1-4H3/t13-/m1/s1. The minimum Gasteiger partial charge on any atom is -0.438 e. The van der Waals surface area contributed by atoms with Crippen LogP contribution in [0.3, 0.4) is 0 Å². The summed E-state index contributed by atoms with van der Waals surface area (Å²) in [5.41, 5.74) is 0.209. The molecular weight excluding hydrogens is 454 g/mol. The molecule has 0 radical (unpaired) electrons. The van der Waals surface area contributed by atoms with E-state index in [4.69, 9.17) is 9.47 Å². The van der Waals surface area contributed by atoms with Crippen LogP contribution in [-0.2, 0) is 21.8 Å². The topological polar surface area (TPSA) is 146 Å². The molecule has 1 N–H and O–H groups in total. The maximum atomic E-state index is 13.0. The third-order valence-electron chi connectivity index (χ3n) is 5.32. The van der Waals surface area contributed by atoms with Gasteiger partial charge in [0.05, 0.1) is 18.1 Å². The highest BCUT2D eigenvalue weighted by Gasteiger charge is 2.29. The lowest BCUT2D eigenvalue weighted by Gasteiger charge is -2.26. The fraction of sp³-hybridized carbons (Fsp3) is 0.500. The van der Waals surface area contributed by atoms with Crippen molar-refractivity contribution < 1.29 is 27.6 Å². The van der Waals surface area contributed by atoms with Crippen molar-refractivity contribution in [3.8, 4) is 11.6 Å². The van der Waals surface area contributed by atoms with Crippen LogP contribution in [-0.4, -0.2) is 66.3 Å². The zero-order chi connectivity index (χ0) is 24.3. The summed E-state index contributed by atoms with van der Waals surface area (Å²) in [5, 5.41) is 15.5. The first-order valence-electron chi connectivity index (χ1n) is 10.4. The molecule has 180 valence electrons. The van der Waals surface area contributed by atoms with E-state index >= 15 is 0 Å². The molecule has 1 aromatic heterocycles. The average Bonchev–Trinajstić information content (AvgIpc) is 3.07. The molecule has 2 heterocycles. The largest absolute Gasteiger partial charge is 0.438 e. The van der Waals surface area contributed by atoms with Gasteiger partial charge >= 0.3 is 0 Å². The van der Waals surface area contributed by atoms with E-state index in [-0.39, 0.29) is 28.1 Å². The number of benzene rings is 1. The van der Waals surface area contributed by atoms with E-state index in [2.05, 4.69) is 9.82 Å². The molecule has 0 spiro atoms. The van der Waals surface area contributed by atoms with Crippen molar-refractivity contribution in [3.05, 3.63) is 39.6 Å². The van der Waals surface area contributed by atoms with Crippen LogP contribution in [0.2, 0.25) is 0 Å². The van der Waals surface area contributed by atoms with Crippen LogP contribution in [0, 0.1) is 17.0 Å². The summed E-state index contributed by atoms with van der Waals surface area (Å²) in [6.07, 6.45) is 0.526. The number of amides is 1. The molecule has 1 aromatic carbocycles. The lowest BCUT2D eigenvalue weighted by atomic mass is 10.2. The number of carbonyl (C=O) groups excluding carboxylic acids is 1. The van der Waals surface area contributed by atoms with Gasteiger partial charge in [0.2, 0.25) is 15.9 Å². The number of aryl methyl sites for hydroxylation is 1. The van der Waals surface area contributed by atoms with E-state index in [0.29, 0.717) is 38.3 Å². The van der Waals surface area contributed by atoms with E-state index in [1.807, 2.05) is 6.92 Å². The van der Waals surface area contributed by atoms with Gasteiger partial charge in [-0.1, -0.05) is 6.92 Å². The van der Waals surface area contributed by atoms with E-state index in [1.54, 1.807) is 25.8 Å². The number of sulfonamides is 1. The van der Waals surface area contributed by atoms with Crippen molar-refractivity contribution in [2.45, 2.75) is 38.1 Å². The Labute approximate surface area is 191 Å². The maximum Gasteiger partial charge on any atom is 0.274 e. The van der Waals surface area contributed by atoms with Crippen LogP contribution in [0.15, 0.2) is 23.1 Å². The second-order valence-corrected chi connectivity index (χ2v) is 9.41. The Hall–Kier alpha value is -3.03. The van der Waals surface area contributed by atoms with Crippen LogP contribution in [0.1, 0.15) is 36.3 Å². The molecule has 13 heteroatoms. The highest BCUT2D eigenvalue weighted by molar-refractivity contribution is 7.89. The smallest absolute Gasteiger partial charge is 0.274 e. The monoisotopic (exact) mass is 481 g/mol. The number of nitro benzene ring substituents is 1. The van der Waals surface area contributed by atoms with Gasteiger partial charge in [0.15, 0.2) is 5.69 Å². The van der Waals surface area contributed by atoms with Gasteiger partial charge in [-0.3, -0.25) is 14.9 Å². The Kier molecular flexibility index (Phi) is 7.34. The minimum absolute atomic E-state index is 0.118. The summed E-state index contributed by atoms with van der Waals surface area (Å²) in [6.45, 7) is 6.90. The van der Waals surface area contributed by atoms with Crippen LogP contribution in [0.25, 0.3) is 0 Å². The highest BCUT2D eigenvalue weighted by Crippen LogP contribution is 2.34. The van der Waals surface area contributed by atoms with E-state index in [1.165, 1.54) is 10.7 Å². The van der Waals surface area contributed by atoms with Crippen LogP contribution in [0.5, 0.6) is 11.6 Å². The lowest BCUT2D eigenvalue weighted by molar-refractivity contribution is -0.385. The molecule has 2 aromatic rings. The van der Waals surface area contributed by atoms with Gasteiger partial charge in [-0.25, -0.2) is 17.8 Å². The van der Waals surface area contributed by atoms with Crippen molar-refractivity contribution in [2.24, 2.45) is 7.05 Å². The molecule has 1 saturated heterocycles. The molecule has 12 nitrogen and oxygen atoms in total. The summed E-state index contributed by atoms with van der Waals surface area (Å²) < 4.78 is 40.9. The zero-order valence-corrected chi connectivity index (χ0v) is 19.7. The number of hydrogen-bond donors (Lipinski definition) is 1. The van der Waals surface area contributed by atoms with Crippen molar-refractivity contribution >= 4 is 21.6 Å². The molecule has 33 heavy (non-hydrogen) atoms. The predicted octanol–water partition coefficient (Wildman–Crippen LogP) is 1.98. The van der Waals surface area contributed by atoms with Gasteiger partial charge in [-0.2, -0.15) is 5.10 Å². The summed E-state index contributed by atoms with van der Waals surface area (Å²) in [5.74, 6) is -0.246. The fourth-order valence-electron chi connectivity index (χ4n) is 3.30. The Balaban J connectivity index is 2.00. The number of aromatic nitrogens is 2. The number of nitro groups is 1. The Morgan fingerprint density at radius 2 is 2.03 bits per heavy atom. The Morgan fingerprint density at radius 3 is 2.64 bits per heavy atom. The molecule has 1 amide bonds. The van der Waals surface area contributed by atoms with E-state index in [9.17, 15) is 23.3 Å². The molecule has 3 rings (SSSR count). The van der Waals surface area contributed by atoms with Gasteiger partial charge in [0, 0.05) is 43.9 Å². The number of nitrogens with zero attached hydrogens (tertiary/aromatic N) is 4. The molecule has 0 aliphatic carbocycles. The highest BCUT2D eigenvalue weighted by atomic mass is 32.2. The van der Waals surface area contributed by atoms with Crippen LogP contribution in [0.4, 0.5) is 5.69 Å². The molecule has 1 aliphatic rings. The third kappa shape index (κ3) is 5.31.